The third kappa shape index (κ3) is 3.72. The number of aromatic nitrogens is 1. The minimum Gasteiger partial charge on any atom is -0.338 e. The zero-order chi connectivity index (χ0) is 14.5. The minimum absolute atomic E-state index is 0.102. The number of nitrogens with zero attached hydrogens (tertiary/aromatic N) is 2. The van der Waals surface area contributed by atoms with Crippen LogP contribution in [0.2, 0.25) is 5.15 Å². The van der Waals surface area contributed by atoms with Gasteiger partial charge in [0.25, 0.3) is 5.91 Å². The van der Waals surface area contributed by atoms with Crippen LogP contribution in [0, 0.1) is 5.92 Å². The smallest absolute Gasteiger partial charge is 0.254 e. The molecule has 20 heavy (non-hydrogen) atoms. The lowest BCUT2D eigenvalue weighted by atomic mass is 10.0. The summed E-state index contributed by atoms with van der Waals surface area (Å²) < 4.78 is 0. The molecule has 0 bridgehead atoms. The van der Waals surface area contributed by atoms with Crippen molar-refractivity contribution in [3.05, 3.63) is 28.5 Å². The molecular weight excluding hydrogens is 272 g/mol. The van der Waals surface area contributed by atoms with E-state index in [2.05, 4.69) is 18.8 Å². The molecule has 1 aliphatic heterocycles. The van der Waals surface area contributed by atoms with Crippen LogP contribution in [0.25, 0.3) is 0 Å². The van der Waals surface area contributed by atoms with Gasteiger partial charge < -0.3 is 4.90 Å². The van der Waals surface area contributed by atoms with Crippen LogP contribution < -0.4 is 0 Å². The normalized spacial score (nSPS) is 18.6. The van der Waals surface area contributed by atoms with Crippen molar-refractivity contribution in [2.75, 3.05) is 13.1 Å². The Morgan fingerprint density at radius 3 is 2.90 bits per heavy atom. The van der Waals surface area contributed by atoms with E-state index in [-0.39, 0.29) is 5.91 Å². The molecule has 0 N–H and O–H groups in total. The van der Waals surface area contributed by atoms with E-state index in [1.807, 2.05) is 11.0 Å². The van der Waals surface area contributed by atoms with E-state index in [0.29, 0.717) is 16.6 Å². The van der Waals surface area contributed by atoms with Crippen molar-refractivity contribution in [2.24, 2.45) is 5.92 Å². The Balaban J connectivity index is 2.09. The zero-order valence-corrected chi connectivity index (χ0v) is 13.1. The fraction of sp³-hybridized carbons (Fsp3) is 0.625. The maximum atomic E-state index is 12.5. The van der Waals surface area contributed by atoms with Crippen molar-refractivity contribution >= 4 is 17.5 Å². The van der Waals surface area contributed by atoms with Crippen LogP contribution in [-0.4, -0.2) is 28.9 Å². The number of hydrogen-bond acceptors (Lipinski definition) is 2. The largest absolute Gasteiger partial charge is 0.338 e. The third-order valence-corrected chi connectivity index (χ3v) is 4.06. The number of aryl methyl sites for hydroxylation is 1. The molecule has 1 atom stereocenters. The first-order valence-corrected chi connectivity index (χ1v) is 7.97. The van der Waals surface area contributed by atoms with Crippen LogP contribution in [0.4, 0.5) is 0 Å². The monoisotopic (exact) mass is 294 g/mol. The summed E-state index contributed by atoms with van der Waals surface area (Å²) in [5.41, 5.74) is 1.60. The first-order chi connectivity index (χ1) is 9.63. The van der Waals surface area contributed by atoms with Gasteiger partial charge in [-0.05, 0) is 37.3 Å². The molecule has 0 aromatic carbocycles. The predicted octanol–water partition coefficient (Wildman–Crippen LogP) is 3.95. The van der Waals surface area contributed by atoms with Gasteiger partial charge in [0.05, 0.1) is 0 Å². The molecule has 4 heteroatoms. The maximum absolute atomic E-state index is 12.5. The van der Waals surface area contributed by atoms with Gasteiger partial charge >= 0.3 is 0 Å². The van der Waals surface area contributed by atoms with E-state index >= 15 is 0 Å². The summed E-state index contributed by atoms with van der Waals surface area (Å²) >= 11 is 6.03. The summed E-state index contributed by atoms with van der Waals surface area (Å²) in [6, 6.07) is 3.58. The second-order valence-electron chi connectivity index (χ2n) is 5.61. The third-order valence-electron chi connectivity index (χ3n) is 3.87. The molecule has 1 saturated heterocycles. The Kier molecular flexibility index (Phi) is 5.41. The standard InChI is InChI=1S/C16H23ClN2O/c1-3-5-12-7-8-19(11-12)16(20)13-9-14(6-4-2)18-15(17)10-13/h9-10,12H,3-8,11H2,1-2H3. The quantitative estimate of drug-likeness (QED) is 0.770. The summed E-state index contributed by atoms with van der Waals surface area (Å²) in [5.74, 6) is 0.765. The van der Waals surface area contributed by atoms with Gasteiger partial charge in [-0.25, -0.2) is 4.98 Å². The summed E-state index contributed by atoms with van der Waals surface area (Å²) in [7, 11) is 0. The first-order valence-electron chi connectivity index (χ1n) is 7.59. The number of amides is 1. The highest BCUT2D eigenvalue weighted by atomic mass is 35.5. The minimum atomic E-state index is 0.102. The Labute approximate surface area is 126 Å². The first kappa shape index (κ1) is 15.3. The Bertz CT molecular complexity index is 476. The number of hydrogen-bond donors (Lipinski definition) is 0. The molecule has 1 aliphatic rings. The lowest BCUT2D eigenvalue weighted by Crippen LogP contribution is -2.28. The molecule has 1 unspecified atom stereocenters. The maximum Gasteiger partial charge on any atom is 0.254 e. The number of carbonyl (C=O) groups is 1. The second-order valence-corrected chi connectivity index (χ2v) is 6.00. The summed E-state index contributed by atoms with van der Waals surface area (Å²) in [4.78, 5) is 18.8. The van der Waals surface area contributed by atoms with Crippen LogP contribution in [0.15, 0.2) is 12.1 Å². The van der Waals surface area contributed by atoms with Crippen LogP contribution in [0.3, 0.4) is 0 Å². The van der Waals surface area contributed by atoms with Gasteiger partial charge in [-0.15, -0.1) is 0 Å². The summed E-state index contributed by atoms with van der Waals surface area (Å²) in [6.07, 6.45) is 5.39. The zero-order valence-electron chi connectivity index (χ0n) is 12.4. The van der Waals surface area contributed by atoms with Crippen LogP contribution in [-0.2, 0) is 6.42 Å². The van der Waals surface area contributed by atoms with Gasteiger partial charge in [-0.1, -0.05) is 38.3 Å². The van der Waals surface area contributed by atoms with Crippen molar-refractivity contribution in [3.8, 4) is 0 Å². The van der Waals surface area contributed by atoms with E-state index in [0.717, 1.165) is 38.0 Å². The molecule has 0 spiro atoms. The fourth-order valence-electron chi connectivity index (χ4n) is 2.90. The molecule has 110 valence electrons. The lowest BCUT2D eigenvalue weighted by Gasteiger charge is -2.17. The SMILES string of the molecule is CCCc1cc(C(=O)N2CCC(CCC)C2)cc(Cl)n1. The molecule has 1 fully saturated rings. The van der Waals surface area contributed by atoms with Crippen molar-refractivity contribution in [3.63, 3.8) is 0 Å². The van der Waals surface area contributed by atoms with Crippen LogP contribution in [0.5, 0.6) is 0 Å². The Morgan fingerprint density at radius 2 is 2.20 bits per heavy atom. The Hall–Kier alpha value is -1.09. The highest BCUT2D eigenvalue weighted by Crippen LogP contribution is 2.23. The number of carbonyl (C=O) groups excluding carboxylic acids is 1. The molecule has 1 aromatic rings. The summed E-state index contributed by atoms with van der Waals surface area (Å²) in [6.45, 7) is 6.05. The average molecular weight is 295 g/mol. The molecule has 0 saturated carbocycles. The highest BCUT2D eigenvalue weighted by Gasteiger charge is 2.26. The molecular formula is C16H23ClN2O. The van der Waals surface area contributed by atoms with E-state index in [4.69, 9.17) is 11.6 Å². The second kappa shape index (κ2) is 7.07. The van der Waals surface area contributed by atoms with Crippen molar-refractivity contribution < 1.29 is 4.79 Å². The predicted molar refractivity (Wildman–Crippen MR) is 82.2 cm³/mol. The fourth-order valence-corrected chi connectivity index (χ4v) is 3.13. The highest BCUT2D eigenvalue weighted by molar-refractivity contribution is 6.29. The van der Waals surface area contributed by atoms with Crippen molar-refractivity contribution in [1.82, 2.24) is 9.88 Å². The number of likely N-dealkylation sites (tertiary alicyclic amines) is 1. The van der Waals surface area contributed by atoms with Crippen LogP contribution in [0.1, 0.15) is 55.6 Å². The van der Waals surface area contributed by atoms with E-state index in [1.54, 1.807) is 6.07 Å². The van der Waals surface area contributed by atoms with Gasteiger partial charge in [0.2, 0.25) is 0 Å². The van der Waals surface area contributed by atoms with E-state index in [1.165, 1.54) is 12.8 Å². The van der Waals surface area contributed by atoms with Gasteiger partial charge in [0.15, 0.2) is 0 Å². The topological polar surface area (TPSA) is 33.2 Å². The summed E-state index contributed by atoms with van der Waals surface area (Å²) in [5, 5.41) is 0.420. The van der Waals surface area contributed by atoms with Crippen molar-refractivity contribution in [1.29, 1.82) is 0 Å². The molecule has 2 rings (SSSR count). The molecule has 3 nitrogen and oxygen atoms in total. The van der Waals surface area contributed by atoms with Gasteiger partial charge in [0.1, 0.15) is 5.15 Å². The van der Waals surface area contributed by atoms with Crippen LogP contribution >= 0.6 is 11.6 Å². The number of halogens is 1. The average Bonchev–Trinajstić information content (AvgIpc) is 2.86. The van der Waals surface area contributed by atoms with Gasteiger partial charge in [-0.3, -0.25) is 4.79 Å². The number of pyridine rings is 1. The van der Waals surface area contributed by atoms with E-state index < -0.39 is 0 Å². The molecule has 2 heterocycles. The lowest BCUT2D eigenvalue weighted by molar-refractivity contribution is 0.0786. The van der Waals surface area contributed by atoms with Gasteiger partial charge in [-0.2, -0.15) is 0 Å². The molecule has 1 aromatic heterocycles. The molecule has 0 radical (unpaired) electrons. The van der Waals surface area contributed by atoms with Gasteiger partial charge in [0, 0.05) is 24.3 Å². The molecule has 0 aliphatic carbocycles. The van der Waals surface area contributed by atoms with Crippen molar-refractivity contribution in [2.45, 2.75) is 46.0 Å². The molecule has 1 amide bonds. The Morgan fingerprint density at radius 1 is 1.40 bits per heavy atom. The van der Waals surface area contributed by atoms with E-state index in [9.17, 15) is 4.79 Å². The number of rotatable bonds is 5.